The van der Waals surface area contributed by atoms with Crippen LogP contribution in [0.2, 0.25) is 0 Å². The lowest BCUT2D eigenvalue weighted by Gasteiger charge is -2.27. The van der Waals surface area contributed by atoms with Crippen LogP contribution in [0.4, 0.5) is 21.6 Å². The summed E-state index contributed by atoms with van der Waals surface area (Å²) in [7, 11) is 0. The van der Waals surface area contributed by atoms with Crippen LogP contribution in [-0.4, -0.2) is 22.6 Å². The lowest BCUT2D eigenvalue weighted by molar-refractivity contribution is 0.545. The quantitative estimate of drug-likeness (QED) is 0.891. The van der Waals surface area contributed by atoms with Gasteiger partial charge in [0.2, 0.25) is 0 Å². The third-order valence-corrected chi connectivity index (χ3v) is 5.22. The maximum absolute atomic E-state index is 14.7. The molecule has 1 aliphatic carbocycles. The molecule has 1 saturated carbocycles. The first-order valence-corrected chi connectivity index (χ1v) is 9.61. The standard InChI is InChI=1S/C20H25FN4O/c21-17-14-15(6-9-18(17)24-11-4-2-1-3-5-12-24)23-19-20(26)25(13-10-22-19)16-7-8-16/h6,9-10,13-14,16H,1-5,7-8,11-12H2,(H,22,23). The maximum atomic E-state index is 14.7. The number of hydrogen-bond acceptors (Lipinski definition) is 4. The number of aromatic nitrogens is 2. The number of nitrogens with zero attached hydrogens (tertiary/aromatic N) is 3. The highest BCUT2D eigenvalue weighted by Gasteiger charge is 2.25. The minimum Gasteiger partial charge on any atom is -0.369 e. The molecule has 0 bridgehead atoms. The molecule has 2 aliphatic rings. The summed E-state index contributed by atoms with van der Waals surface area (Å²) in [6.45, 7) is 1.80. The predicted octanol–water partition coefficient (Wildman–Crippen LogP) is 4.23. The van der Waals surface area contributed by atoms with E-state index in [0.717, 1.165) is 38.8 Å². The summed E-state index contributed by atoms with van der Waals surface area (Å²) in [6.07, 6.45) is 11.3. The lowest BCUT2D eigenvalue weighted by Crippen LogP contribution is -2.27. The Morgan fingerprint density at radius 1 is 1.08 bits per heavy atom. The first-order chi connectivity index (χ1) is 12.7. The zero-order valence-electron chi connectivity index (χ0n) is 15.0. The summed E-state index contributed by atoms with van der Waals surface area (Å²) < 4.78 is 16.4. The van der Waals surface area contributed by atoms with E-state index in [1.165, 1.54) is 25.3 Å². The maximum Gasteiger partial charge on any atom is 0.293 e. The molecule has 2 fully saturated rings. The predicted molar refractivity (Wildman–Crippen MR) is 102 cm³/mol. The van der Waals surface area contributed by atoms with Crippen molar-refractivity contribution in [3.63, 3.8) is 0 Å². The van der Waals surface area contributed by atoms with Gasteiger partial charge in [-0.25, -0.2) is 9.37 Å². The van der Waals surface area contributed by atoms with Crippen molar-refractivity contribution < 1.29 is 4.39 Å². The molecule has 2 aromatic rings. The fourth-order valence-corrected chi connectivity index (χ4v) is 3.62. The number of rotatable bonds is 4. The third kappa shape index (κ3) is 3.74. The molecule has 6 heteroatoms. The van der Waals surface area contributed by atoms with Gasteiger partial charge in [-0.15, -0.1) is 0 Å². The van der Waals surface area contributed by atoms with Gasteiger partial charge in [-0.05, 0) is 43.9 Å². The molecule has 1 aromatic carbocycles. The van der Waals surface area contributed by atoms with Crippen LogP contribution in [0, 0.1) is 5.82 Å². The molecule has 1 saturated heterocycles. The van der Waals surface area contributed by atoms with Gasteiger partial charge in [0.25, 0.3) is 5.56 Å². The SMILES string of the molecule is O=c1c(Nc2ccc(N3CCCCCCC3)c(F)c2)nccn1C1CC1. The van der Waals surface area contributed by atoms with E-state index in [2.05, 4.69) is 15.2 Å². The highest BCUT2D eigenvalue weighted by Crippen LogP contribution is 2.33. The van der Waals surface area contributed by atoms with Crippen LogP contribution in [0.5, 0.6) is 0 Å². The first-order valence-electron chi connectivity index (χ1n) is 9.61. The summed E-state index contributed by atoms with van der Waals surface area (Å²) in [6, 6.07) is 5.38. The lowest BCUT2D eigenvalue weighted by atomic mass is 10.1. The van der Waals surface area contributed by atoms with Crippen molar-refractivity contribution in [3.8, 4) is 0 Å². The molecule has 1 aromatic heterocycles. The van der Waals surface area contributed by atoms with E-state index in [4.69, 9.17) is 0 Å². The fraction of sp³-hybridized carbons (Fsp3) is 0.500. The molecule has 138 valence electrons. The van der Waals surface area contributed by atoms with E-state index in [9.17, 15) is 9.18 Å². The molecule has 0 atom stereocenters. The van der Waals surface area contributed by atoms with Crippen LogP contribution in [0.1, 0.15) is 51.0 Å². The van der Waals surface area contributed by atoms with Crippen molar-refractivity contribution in [1.29, 1.82) is 0 Å². The van der Waals surface area contributed by atoms with Crippen molar-refractivity contribution in [2.45, 2.75) is 51.0 Å². The van der Waals surface area contributed by atoms with E-state index in [1.54, 1.807) is 17.0 Å². The van der Waals surface area contributed by atoms with Gasteiger partial charge < -0.3 is 14.8 Å². The van der Waals surface area contributed by atoms with Gasteiger partial charge in [0.05, 0.1) is 5.69 Å². The molecule has 26 heavy (non-hydrogen) atoms. The summed E-state index contributed by atoms with van der Waals surface area (Å²) in [5.41, 5.74) is 1.05. The van der Waals surface area contributed by atoms with Gasteiger partial charge >= 0.3 is 0 Å². The largest absolute Gasteiger partial charge is 0.369 e. The normalized spacial score (nSPS) is 18.3. The highest BCUT2D eigenvalue weighted by molar-refractivity contribution is 5.61. The van der Waals surface area contributed by atoms with Crippen LogP contribution >= 0.6 is 0 Å². The Morgan fingerprint density at radius 3 is 2.50 bits per heavy atom. The molecular formula is C20H25FN4O. The smallest absolute Gasteiger partial charge is 0.293 e. The second kappa shape index (κ2) is 7.48. The zero-order chi connectivity index (χ0) is 17.9. The van der Waals surface area contributed by atoms with Gasteiger partial charge in [0.1, 0.15) is 5.82 Å². The van der Waals surface area contributed by atoms with E-state index >= 15 is 0 Å². The summed E-state index contributed by atoms with van der Waals surface area (Å²) in [4.78, 5) is 18.7. The Morgan fingerprint density at radius 2 is 1.81 bits per heavy atom. The fourth-order valence-electron chi connectivity index (χ4n) is 3.62. The van der Waals surface area contributed by atoms with E-state index in [-0.39, 0.29) is 23.2 Å². The Labute approximate surface area is 152 Å². The van der Waals surface area contributed by atoms with Crippen molar-refractivity contribution in [3.05, 3.63) is 46.8 Å². The van der Waals surface area contributed by atoms with Crippen LogP contribution in [0.25, 0.3) is 0 Å². The topological polar surface area (TPSA) is 50.2 Å². The molecule has 1 aliphatic heterocycles. The van der Waals surface area contributed by atoms with Crippen LogP contribution in [0.3, 0.4) is 0 Å². The van der Waals surface area contributed by atoms with E-state index in [0.29, 0.717) is 11.4 Å². The Bertz CT molecular complexity index is 823. The average Bonchev–Trinajstić information content (AvgIpc) is 3.42. The Kier molecular flexibility index (Phi) is 4.91. The van der Waals surface area contributed by atoms with Crippen LogP contribution < -0.4 is 15.8 Å². The Balaban J connectivity index is 1.52. The van der Waals surface area contributed by atoms with E-state index < -0.39 is 0 Å². The molecule has 5 nitrogen and oxygen atoms in total. The molecule has 4 rings (SSSR count). The summed E-state index contributed by atoms with van der Waals surface area (Å²) in [5, 5.41) is 2.99. The van der Waals surface area contributed by atoms with Crippen LogP contribution in [0.15, 0.2) is 35.4 Å². The third-order valence-electron chi connectivity index (χ3n) is 5.22. The van der Waals surface area contributed by atoms with Crippen molar-refractivity contribution in [1.82, 2.24) is 9.55 Å². The molecular weight excluding hydrogens is 331 g/mol. The number of benzene rings is 1. The summed E-state index contributed by atoms with van der Waals surface area (Å²) >= 11 is 0. The van der Waals surface area contributed by atoms with Crippen molar-refractivity contribution in [2.75, 3.05) is 23.3 Å². The van der Waals surface area contributed by atoms with Gasteiger partial charge in [0.15, 0.2) is 5.82 Å². The molecule has 0 amide bonds. The van der Waals surface area contributed by atoms with Gasteiger partial charge in [0, 0.05) is 37.2 Å². The number of nitrogens with one attached hydrogen (secondary N) is 1. The first kappa shape index (κ1) is 17.1. The second-order valence-electron chi connectivity index (χ2n) is 7.27. The zero-order valence-corrected chi connectivity index (χ0v) is 15.0. The second-order valence-corrected chi connectivity index (χ2v) is 7.27. The monoisotopic (exact) mass is 356 g/mol. The Hall–Kier alpha value is -2.37. The molecule has 0 spiro atoms. The average molecular weight is 356 g/mol. The van der Waals surface area contributed by atoms with E-state index in [1.807, 2.05) is 12.1 Å². The number of halogens is 1. The molecule has 2 heterocycles. The molecule has 1 N–H and O–H groups in total. The minimum absolute atomic E-state index is 0.150. The van der Waals surface area contributed by atoms with Gasteiger partial charge in [-0.2, -0.15) is 0 Å². The molecule has 0 radical (unpaired) electrons. The van der Waals surface area contributed by atoms with Gasteiger partial charge in [-0.1, -0.05) is 19.3 Å². The van der Waals surface area contributed by atoms with Crippen molar-refractivity contribution in [2.24, 2.45) is 0 Å². The highest BCUT2D eigenvalue weighted by atomic mass is 19.1. The van der Waals surface area contributed by atoms with Crippen LogP contribution in [-0.2, 0) is 0 Å². The number of anilines is 3. The molecule has 0 unspecified atom stereocenters. The van der Waals surface area contributed by atoms with Crippen molar-refractivity contribution >= 4 is 17.2 Å². The van der Waals surface area contributed by atoms with Gasteiger partial charge in [-0.3, -0.25) is 4.79 Å². The minimum atomic E-state index is -0.256. The number of hydrogen-bond donors (Lipinski definition) is 1. The summed E-state index contributed by atoms with van der Waals surface area (Å²) in [5.74, 6) is -0.00756.